The van der Waals surface area contributed by atoms with Crippen LogP contribution < -0.4 is 20.1 Å². The maximum absolute atomic E-state index is 13.1. The highest BCUT2D eigenvalue weighted by molar-refractivity contribution is 6.15. The summed E-state index contributed by atoms with van der Waals surface area (Å²) in [6.45, 7) is 7.15. The largest absolute Gasteiger partial charge is 0.490 e. The number of hydrogen-bond acceptors (Lipinski definition) is 5. The van der Waals surface area contributed by atoms with Crippen molar-refractivity contribution in [1.82, 2.24) is 10.6 Å². The Kier molecular flexibility index (Phi) is 8.02. The Hall–Kier alpha value is -2.86. The van der Waals surface area contributed by atoms with Gasteiger partial charge < -0.3 is 20.1 Å². The average molecular weight is 384 g/mol. The predicted octanol–water partition coefficient (Wildman–Crippen LogP) is 3.05. The Morgan fingerprint density at radius 1 is 0.964 bits per heavy atom. The van der Waals surface area contributed by atoms with Gasteiger partial charge in [0.1, 0.15) is 0 Å². The van der Waals surface area contributed by atoms with Crippen LogP contribution >= 0.6 is 0 Å². The molecule has 0 spiro atoms. The van der Waals surface area contributed by atoms with E-state index < -0.39 is 0 Å². The zero-order valence-electron chi connectivity index (χ0n) is 16.9. The molecular formula is C22H28N2O4. The molecule has 0 aliphatic carbocycles. The molecule has 1 atom stereocenters. The number of benzene rings is 2. The molecule has 1 amide bonds. The summed E-state index contributed by atoms with van der Waals surface area (Å²) in [4.78, 5) is 25.7. The van der Waals surface area contributed by atoms with Gasteiger partial charge in [-0.1, -0.05) is 18.2 Å². The molecule has 2 N–H and O–H groups in total. The van der Waals surface area contributed by atoms with Crippen molar-refractivity contribution in [2.24, 2.45) is 0 Å². The van der Waals surface area contributed by atoms with Crippen molar-refractivity contribution in [3.05, 3.63) is 59.2 Å². The Bertz CT molecular complexity index is 820. The molecule has 1 unspecified atom stereocenters. The van der Waals surface area contributed by atoms with Crippen molar-refractivity contribution >= 4 is 11.7 Å². The van der Waals surface area contributed by atoms with Gasteiger partial charge in [-0.3, -0.25) is 9.59 Å². The molecule has 0 heterocycles. The molecule has 0 saturated heterocycles. The standard InChI is InChI=1S/C22H28N2O4/c1-5-27-19-12-11-16(13-20(19)28-6-2)21(25)17-9-7-8-10-18(17)22(26)24-14-15(3)23-4/h7-13,15,23H,5-6,14H2,1-4H3,(H,24,26). The lowest BCUT2D eigenvalue weighted by Crippen LogP contribution is -2.37. The zero-order chi connectivity index (χ0) is 20.5. The van der Waals surface area contributed by atoms with Gasteiger partial charge in [0, 0.05) is 23.7 Å². The first-order valence-corrected chi connectivity index (χ1v) is 9.50. The molecule has 150 valence electrons. The summed E-state index contributed by atoms with van der Waals surface area (Å²) in [6.07, 6.45) is 0. The summed E-state index contributed by atoms with van der Waals surface area (Å²) in [5.41, 5.74) is 1.14. The van der Waals surface area contributed by atoms with Gasteiger partial charge in [0.2, 0.25) is 0 Å². The first kappa shape index (κ1) is 21.4. The second-order valence-electron chi connectivity index (χ2n) is 6.30. The minimum absolute atomic E-state index is 0.131. The number of ether oxygens (including phenoxy) is 2. The average Bonchev–Trinajstić information content (AvgIpc) is 2.72. The number of amides is 1. The SMILES string of the molecule is CCOc1ccc(C(=O)c2ccccc2C(=O)NCC(C)NC)cc1OCC. The van der Waals surface area contributed by atoms with Crippen LogP contribution in [-0.2, 0) is 0 Å². The minimum atomic E-state index is -0.276. The van der Waals surface area contributed by atoms with Crippen molar-refractivity contribution in [3.63, 3.8) is 0 Å². The second-order valence-corrected chi connectivity index (χ2v) is 6.30. The van der Waals surface area contributed by atoms with Gasteiger partial charge in [-0.05, 0) is 52.1 Å². The number of ketones is 1. The van der Waals surface area contributed by atoms with E-state index in [2.05, 4.69) is 10.6 Å². The van der Waals surface area contributed by atoms with Crippen LogP contribution in [0.2, 0.25) is 0 Å². The van der Waals surface area contributed by atoms with E-state index in [1.807, 2.05) is 27.8 Å². The monoisotopic (exact) mass is 384 g/mol. The van der Waals surface area contributed by atoms with E-state index in [9.17, 15) is 9.59 Å². The van der Waals surface area contributed by atoms with Gasteiger partial charge in [0.15, 0.2) is 17.3 Å². The maximum atomic E-state index is 13.1. The smallest absolute Gasteiger partial charge is 0.252 e. The summed E-state index contributed by atoms with van der Waals surface area (Å²) in [5.74, 6) is 0.589. The fourth-order valence-corrected chi connectivity index (χ4v) is 2.67. The van der Waals surface area contributed by atoms with E-state index in [-0.39, 0.29) is 17.7 Å². The Morgan fingerprint density at radius 3 is 2.25 bits per heavy atom. The molecule has 0 aliphatic heterocycles. The molecule has 0 aliphatic rings. The molecule has 0 fully saturated rings. The number of rotatable bonds is 10. The Labute approximate surface area is 166 Å². The van der Waals surface area contributed by atoms with Crippen LogP contribution in [0.25, 0.3) is 0 Å². The number of carbonyl (C=O) groups excluding carboxylic acids is 2. The number of likely N-dealkylation sites (N-methyl/N-ethyl adjacent to an activating group) is 1. The van der Waals surface area contributed by atoms with Crippen molar-refractivity contribution in [2.45, 2.75) is 26.8 Å². The molecule has 2 aromatic rings. The zero-order valence-corrected chi connectivity index (χ0v) is 16.9. The van der Waals surface area contributed by atoms with Gasteiger partial charge in [-0.2, -0.15) is 0 Å². The molecule has 2 rings (SSSR count). The second kappa shape index (κ2) is 10.5. The normalized spacial score (nSPS) is 11.6. The highest BCUT2D eigenvalue weighted by Crippen LogP contribution is 2.29. The van der Waals surface area contributed by atoms with Crippen LogP contribution in [0.3, 0.4) is 0 Å². The highest BCUT2D eigenvalue weighted by Gasteiger charge is 2.19. The Balaban J connectivity index is 2.31. The summed E-state index contributed by atoms with van der Waals surface area (Å²) >= 11 is 0. The van der Waals surface area contributed by atoms with Crippen molar-refractivity contribution in [3.8, 4) is 11.5 Å². The summed E-state index contributed by atoms with van der Waals surface area (Å²) in [7, 11) is 1.83. The third-order valence-corrected chi connectivity index (χ3v) is 4.28. The molecule has 6 nitrogen and oxygen atoms in total. The number of carbonyl (C=O) groups is 2. The lowest BCUT2D eigenvalue weighted by atomic mass is 9.97. The molecule has 6 heteroatoms. The first-order valence-electron chi connectivity index (χ1n) is 9.50. The van der Waals surface area contributed by atoms with E-state index >= 15 is 0 Å². The van der Waals surface area contributed by atoms with E-state index in [4.69, 9.17) is 9.47 Å². The summed E-state index contributed by atoms with van der Waals surface area (Å²) < 4.78 is 11.2. The van der Waals surface area contributed by atoms with Crippen LogP contribution in [0, 0.1) is 0 Å². The quantitative estimate of drug-likeness (QED) is 0.616. The fourth-order valence-electron chi connectivity index (χ4n) is 2.67. The minimum Gasteiger partial charge on any atom is -0.490 e. The number of hydrogen-bond donors (Lipinski definition) is 2. The topological polar surface area (TPSA) is 76.7 Å². The number of nitrogens with one attached hydrogen (secondary N) is 2. The van der Waals surface area contributed by atoms with Gasteiger partial charge in [-0.15, -0.1) is 0 Å². The first-order chi connectivity index (χ1) is 13.5. The molecule has 28 heavy (non-hydrogen) atoms. The fraction of sp³-hybridized carbons (Fsp3) is 0.364. The van der Waals surface area contributed by atoms with E-state index in [0.29, 0.717) is 47.9 Å². The van der Waals surface area contributed by atoms with E-state index in [1.54, 1.807) is 42.5 Å². The third-order valence-electron chi connectivity index (χ3n) is 4.28. The van der Waals surface area contributed by atoms with E-state index in [0.717, 1.165) is 0 Å². The van der Waals surface area contributed by atoms with Crippen LogP contribution in [0.1, 0.15) is 47.1 Å². The van der Waals surface area contributed by atoms with Crippen LogP contribution in [-0.4, -0.2) is 44.5 Å². The lowest BCUT2D eigenvalue weighted by molar-refractivity contribution is 0.0939. The van der Waals surface area contributed by atoms with Gasteiger partial charge >= 0.3 is 0 Å². The molecular weight excluding hydrogens is 356 g/mol. The van der Waals surface area contributed by atoms with Gasteiger partial charge in [-0.25, -0.2) is 0 Å². The molecule has 0 aromatic heterocycles. The third kappa shape index (κ3) is 5.33. The van der Waals surface area contributed by atoms with Gasteiger partial charge in [0.05, 0.1) is 18.8 Å². The van der Waals surface area contributed by atoms with Crippen molar-refractivity contribution < 1.29 is 19.1 Å². The van der Waals surface area contributed by atoms with Crippen LogP contribution in [0.15, 0.2) is 42.5 Å². The Morgan fingerprint density at radius 2 is 1.61 bits per heavy atom. The molecule has 2 aromatic carbocycles. The molecule has 0 radical (unpaired) electrons. The lowest BCUT2D eigenvalue weighted by Gasteiger charge is -2.14. The van der Waals surface area contributed by atoms with Crippen molar-refractivity contribution in [1.29, 1.82) is 0 Å². The van der Waals surface area contributed by atoms with Crippen LogP contribution in [0.4, 0.5) is 0 Å². The van der Waals surface area contributed by atoms with Crippen LogP contribution in [0.5, 0.6) is 11.5 Å². The summed E-state index contributed by atoms with van der Waals surface area (Å²) in [5, 5.41) is 5.92. The maximum Gasteiger partial charge on any atom is 0.252 e. The van der Waals surface area contributed by atoms with E-state index in [1.165, 1.54) is 0 Å². The predicted molar refractivity (Wildman–Crippen MR) is 110 cm³/mol. The summed E-state index contributed by atoms with van der Waals surface area (Å²) in [6, 6.07) is 12.0. The van der Waals surface area contributed by atoms with Gasteiger partial charge in [0.25, 0.3) is 5.91 Å². The highest BCUT2D eigenvalue weighted by atomic mass is 16.5. The van der Waals surface area contributed by atoms with Crippen molar-refractivity contribution in [2.75, 3.05) is 26.8 Å². The molecule has 0 saturated carbocycles. The molecule has 0 bridgehead atoms.